The van der Waals surface area contributed by atoms with Crippen molar-refractivity contribution < 1.29 is 14.7 Å². The summed E-state index contributed by atoms with van der Waals surface area (Å²) in [6.07, 6.45) is 2.67. The third-order valence-electron chi connectivity index (χ3n) is 2.61. The topological polar surface area (TPSA) is 92.4 Å². The molecule has 0 saturated heterocycles. The number of nitrogens with two attached hydrogens (primary N) is 1. The molecule has 1 fully saturated rings. The molecule has 1 saturated carbocycles. The predicted octanol–water partition coefficient (Wildman–Crippen LogP) is -0.153. The fourth-order valence-electron chi connectivity index (χ4n) is 1.50. The van der Waals surface area contributed by atoms with E-state index in [1.54, 1.807) is 0 Å². The minimum atomic E-state index is -1.05. The third-order valence-corrected chi connectivity index (χ3v) is 2.61. The first-order valence-electron chi connectivity index (χ1n) is 4.72. The highest BCUT2D eigenvalue weighted by molar-refractivity contribution is 5.86. The van der Waals surface area contributed by atoms with E-state index < -0.39 is 12.0 Å². The van der Waals surface area contributed by atoms with E-state index in [1.807, 2.05) is 6.92 Å². The molecule has 0 bridgehead atoms. The van der Waals surface area contributed by atoms with Crippen molar-refractivity contribution in [1.29, 1.82) is 0 Å². The van der Waals surface area contributed by atoms with Crippen LogP contribution in [0.2, 0.25) is 0 Å². The van der Waals surface area contributed by atoms with Gasteiger partial charge in [-0.05, 0) is 26.2 Å². The van der Waals surface area contributed by atoms with Crippen LogP contribution < -0.4 is 11.1 Å². The van der Waals surface area contributed by atoms with E-state index >= 15 is 0 Å². The lowest BCUT2D eigenvalue weighted by Gasteiger charge is -2.39. The number of carboxylic acid groups (broad SMARTS) is 1. The van der Waals surface area contributed by atoms with Gasteiger partial charge in [-0.25, -0.2) is 0 Å². The number of rotatable bonds is 4. The van der Waals surface area contributed by atoms with Gasteiger partial charge in [0.1, 0.15) is 0 Å². The zero-order chi connectivity index (χ0) is 10.8. The van der Waals surface area contributed by atoms with Crippen molar-refractivity contribution in [2.75, 3.05) is 0 Å². The van der Waals surface area contributed by atoms with Crippen LogP contribution in [0, 0.1) is 0 Å². The second-order valence-electron chi connectivity index (χ2n) is 4.11. The average molecular weight is 200 g/mol. The van der Waals surface area contributed by atoms with Crippen molar-refractivity contribution in [1.82, 2.24) is 5.32 Å². The molecule has 1 amide bonds. The van der Waals surface area contributed by atoms with Crippen LogP contribution >= 0.6 is 0 Å². The molecule has 0 heterocycles. The molecule has 1 atom stereocenters. The number of carbonyl (C=O) groups excluding carboxylic acids is 1. The maximum Gasteiger partial charge on any atom is 0.305 e. The molecule has 80 valence electrons. The molecule has 4 N–H and O–H groups in total. The normalized spacial score (nSPS) is 20.7. The lowest BCUT2D eigenvalue weighted by atomic mass is 9.78. The molecule has 5 nitrogen and oxygen atoms in total. The number of carbonyl (C=O) groups is 2. The Bertz CT molecular complexity index is 248. The highest BCUT2D eigenvalue weighted by atomic mass is 16.4. The Morgan fingerprint density at radius 3 is 2.50 bits per heavy atom. The van der Waals surface area contributed by atoms with Crippen LogP contribution in [0.25, 0.3) is 0 Å². The summed E-state index contributed by atoms with van der Waals surface area (Å²) in [7, 11) is 0. The van der Waals surface area contributed by atoms with E-state index in [-0.39, 0.29) is 17.9 Å². The highest BCUT2D eigenvalue weighted by Crippen LogP contribution is 2.30. The van der Waals surface area contributed by atoms with Gasteiger partial charge in [0.2, 0.25) is 5.91 Å². The zero-order valence-corrected chi connectivity index (χ0v) is 8.25. The molecule has 0 spiro atoms. The fraction of sp³-hybridized carbons (Fsp3) is 0.778. The maximum absolute atomic E-state index is 11.4. The van der Waals surface area contributed by atoms with E-state index in [0.717, 1.165) is 19.3 Å². The summed E-state index contributed by atoms with van der Waals surface area (Å²) in [6, 6.07) is -0.940. The fourth-order valence-corrected chi connectivity index (χ4v) is 1.50. The standard InChI is InChI=1S/C9H16N2O3/c1-9(3-2-4-9)11-8(14)6(10)5-7(12)13/h6H,2-5,10H2,1H3,(H,11,14)(H,12,13). The largest absolute Gasteiger partial charge is 0.481 e. The monoisotopic (exact) mass is 200 g/mol. The van der Waals surface area contributed by atoms with Gasteiger partial charge in [-0.15, -0.1) is 0 Å². The lowest BCUT2D eigenvalue weighted by Crippen LogP contribution is -2.55. The van der Waals surface area contributed by atoms with Crippen molar-refractivity contribution in [2.24, 2.45) is 5.73 Å². The Morgan fingerprint density at radius 2 is 2.14 bits per heavy atom. The molecule has 1 unspecified atom stereocenters. The molecule has 0 aromatic rings. The minimum absolute atomic E-state index is 0.160. The van der Waals surface area contributed by atoms with Crippen LogP contribution in [0.1, 0.15) is 32.6 Å². The summed E-state index contributed by atoms with van der Waals surface area (Å²) < 4.78 is 0. The predicted molar refractivity (Wildman–Crippen MR) is 50.6 cm³/mol. The highest BCUT2D eigenvalue weighted by Gasteiger charge is 2.34. The summed E-state index contributed by atoms with van der Waals surface area (Å²) in [5, 5.41) is 11.2. The third kappa shape index (κ3) is 2.70. The molecular formula is C9H16N2O3. The number of aliphatic carboxylic acids is 1. The van der Waals surface area contributed by atoms with Gasteiger partial charge in [0.05, 0.1) is 12.5 Å². The Balaban J connectivity index is 2.37. The van der Waals surface area contributed by atoms with Crippen LogP contribution in [0.15, 0.2) is 0 Å². The van der Waals surface area contributed by atoms with Gasteiger partial charge in [-0.2, -0.15) is 0 Å². The van der Waals surface area contributed by atoms with Crippen LogP contribution in [-0.2, 0) is 9.59 Å². The minimum Gasteiger partial charge on any atom is -0.481 e. The summed E-state index contributed by atoms with van der Waals surface area (Å²) >= 11 is 0. The number of hydrogen-bond donors (Lipinski definition) is 3. The summed E-state index contributed by atoms with van der Waals surface area (Å²) in [5.74, 6) is -1.42. The van der Waals surface area contributed by atoms with Gasteiger partial charge in [-0.3, -0.25) is 9.59 Å². The number of amides is 1. The first-order valence-corrected chi connectivity index (χ1v) is 4.72. The molecule has 0 aliphatic heterocycles. The Morgan fingerprint density at radius 1 is 1.57 bits per heavy atom. The molecule has 0 radical (unpaired) electrons. The molecule has 5 heteroatoms. The second-order valence-corrected chi connectivity index (χ2v) is 4.11. The van der Waals surface area contributed by atoms with Crippen LogP contribution in [0.4, 0.5) is 0 Å². The molecule has 1 aliphatic carbocycles. The van der Waals surface area contributed by atoms with Crippen molar-refractivity contribution in [3.63, 3.8) is 0 Å². The van der Waals surface area contributed by atoms with Gasteiger partial charge in [0.25, 0.3) is 0 Å². The molecule has 1 rings (SSSR count). The summed E-state index contributed by atoms with van der Waals surface area (Å²) in [5.41, 5.74) is 5.25. The van der Waals surface area contributed by atoms with Gasteiger partial charge in [0, 0.05) is 5.54 Å². The molecule has 0 aromatic heterocycles. The Labute approximate surface area is 82.7 Å². The van der Waals surface area contributed by atoms with Gasteiger partial charge >= 0.3 is 5.97 Å². The van der Waals surface area contributed by atoms with Crippen LogP contribution in [-0.4, -0.2) is 28.6 Å². The van der Waals surface area contributed by atoms with Crippen molar-refractivity contribution in [3.8, 4) is 0 Å². The summed E-state index contributed by atoms with van der Waals surface area (Å²) in [6.45, 7) is 1.95. The first-order chi connectivity index (χ1) is 6.43. The van der Waals surface area contributed by atoms with Gasteiger partial charge in [-0.1, -0.05) is 0 Å². The van der Waals surface area contributed by atoms with E-state index in [2.05, 4.69) is 5.32 Å². The van der Waals surface area contributed by atoms with Gasteiger partial charge < -0.3 is 16.2 Å². The first kappa shape index (κ1) is 11.0. The number of hydrogen-bond acceptors (Lipinski definition) is 3. The quantitative estimate of drug-likeness (QED) is 0.588. The van der Waals surface area contributed by atoms with Crippen molar-refractivity contribution in [2.45, 2.75) is 44.2 Å². The Kier molecular flexibility index (Phi) is 3.10. The van der Waals surface area contributed by atoms with Crippen molar-refractivity contribution >= 4 is 11.9 Å². The number of nitrogens with one attached hydrogen (secondary N) is 1. The maximum atomic E-state index is 11.4. The molecular weight excluding hydrogens is 184 g/mol. The molecule has 0 aromatic carbocycles. The second kappa shape index (κ2) is 3.96. The zero-order valence-electron chi connectivity index (χ0n) is 8.25. The average Bonchev–Trinajstić information content (AvgIpc) is 2.00. The van der Waals surface area contributed by atoms with Crippen LogP contribution in [0.3, 0.4) is 0 Å². The van der Waals surface area contributed by atoms with Crippen LogP contribution in [0.5, 0.6) is 0 Å². The Hall–Kier alpha value is -1.10. The van der Waals surface area contributed by atoms with E-state index in [1.165, 1.54) is 0 Å². The van der Waals surface area contributed by atoms with E-state index in [0.29, 0.717) is 0 Å². The molecule has 1 aliphatic rings. The van der Waals surface area contributed by atoms with Gasteiger partial charge in [0.15, 0.2) is 0 Å². The van der Waals surface area contributed by atoms with E-state index in [9.17, 15) is 9.59 Å². The van der Waals surface area contributed by atoms with Crippen molar-refractivity contribution in [3.05, 3.63) is 0 Å². The summed E-state index contributed by atoms with van der Waals surface area (Å²) in [4.78, 5) is 21.7. The number of carboxylic acids is 1. The lowest BCUT2D eigenvalue weighted by molar-refractivity contribution is -0.140. The smallest absolute Gasteiger partial charge is 0.305 e. The molecule has 14 heavy (non-hydrogen) atoms. The van der Waals surface area contributed by atoms with E-state index in [4.69, 9.17) is 10.8 Å². The SMILES string of the molecule is CC1(NC(=O)C(N)CC(=O)O)CCC1.